The average molecular weight is 332 g/mol. The minimum Gasteiger partial charge on any atom is -0.461 e. The molecule has 0 bridgehead atoms. The van der Waals surface area contributed by atoms with Crippen molar-refractivity contribution in [2.24, 2.45) is 0 Å². The second kappa shape index (κ2) is 4.02. The molecule has 0 aliphatic rings. The number of hydrogen-bond donors (Lipinski definition) is 0. The summed E-state index contributed by atoms with van der Waals surface area (Å²) in [5, 5.41) is 4.50. The lowest BCUT2D eigenvalue weighted by Gasteiger charge is -1.93. The third-order valence-electron chi connectivity index (χ3n) is 4.65. The smallest absolute Gasteiger partial charge is 0.154 e. The Morgan fingerprint density at radius 1 is 0.625 bits per heavy atom. The fourth-order valence-electron chi connectivity index (χ4n) is 3.66. The monoisotopic (exact) mass is 332 g/mol. The predicted octanol–water partition coefficient (Wildman–Crippen LogP) is 6.91. The zero-order valence-corrected chi connectivity index (χ0v) is 13.9. The molecule has 0 amide bonds. The minimum atomic E-state index is 0.874. The largest absolute Gasteiger partial charge is 0.461 e. The van der Waals surface area contributed by atoms with Gasteiger partial charge in [0.2, 0.25) is 0 Å². The first-order chi connectivity index (χ1) is 11.7. The molecule has 0 radical (unpaired) electrons. The predicted molar refractivity (Wildman–Crippen MR) is 98.1 cm³/mol. The Bertz CT molecular complexity index is 1310. The van der Waals surface area contributed by atoms with Crippen LogP contribution < -0.4 is 0 Å². The SMILES string of the molecule is Cc1cc2c(ccc3c2oc2c4ccc5oc(C)cc5c4sc32)o1. The first-order valence-corrected chi connectivity index (χ1v) is 8.68. The summed E-state index contributed by atoms with van der Waals surface area (Å²) in [6, 6.07) is 12.4. The van der Waals surface area contributed by atoms with Crippen LogP contribution >= 0.6 is 11.3 Å². The second-order valence-corrected chi connectivity index (χ2v) is 7.31. The molecule has 4 aromatic heterocycles. The molecule has 24 heavy (non-hydrogen) atoms. The lowest BCUT2D eigenvalue weighted by atomic mass is 10.1. The van der Waals surface area contributed by atoms with Gasteiger partial charge in [-0.3, -0.25) is 0 Å². The highest BCUT2D eigenvalue weighted by molar-refractivity contribution is 7.27. The fraction of sp³-hybridized carbons (Fsp3) is 0.100. The van der Waals surface area contributed by atoms with Gasteiger partial charge >= 0.3 is 0 Å². The molecule has 2 aromatic carbocycles. The van der Waals surface area contributed by atoms with Crippen LogP contribution in [0.25, 0.3) is 53.3 Å². The van der Waals surface area contributed by atoms with Crippen LogP contribution in [-0.4, -0.2) is 0 Å². The fourth-order valence-corrected chi connectivity index (χ4v) is 4.91. The summed E-state index contributed by atoms with van der Waals surface area (Å²) in [5.41, 5.74) is 3.67. The zero-order chi connectivity index (χ0) is 16.0. The summed E-state index contributed by atoms with van der Waals surface area (Å²) in [7, 11) is 0. The summed E-state index contributed by atoms with van der Waals surface area (Å²) in [6.07, 6.45) is 0. The van der Waals surface area contributed by atoms with E-state index >= 15 is 0 Å². The molecule has 0 unspecified atom stereocenters. The van der Waals surface area contributed by atoms with Crippen LogP contribution in [0.15, 0.2) is 49.6 Å². The molecule has 0 aliphatic heterocycles. The molecular formula is C20H12O3S. The lowest BCUT2D eigenvalue weighted by Crippen LogP contribution is -1.67. The third kappa shape index (κ3) is 1.42. The maximum absolute atomic E-state index is 6.31. The summed E-state index contributed by atoms with van der Waals surface area (Å²) < 4.78 is 20.2. The molecule has 0 saturated heterocycles. The molecular weight excluding hydrogens is 320 g/mol. The van der Waals surface area contributed by atoms with Crippen LogP contribution in [0, 0.1) is 13.8 Å². The van der Waals surface area contributed by atoms with Gasteiger partial charge in [-0.05, 0) is 50.2 Å². The van der Waals surface area contributed by atoms with Crippen molar-refractivity contribution < 1.29 is 13.3 Å². The van der Waals surface area contributed by atoms with Crippen molar-refractivity contribution in [2.75, 3.05) is 0 Å². The maximum atomic E-state index is 6.31. The summed E-state index contributed by atoms with van der Waals surface area (Å²) in [4.78, 5) is 0. The van der Waals surface area contributed by atoms with Crippen molar-refractivity contribution in [3.63, 3.8) is 0 Å². The van der Waals surface area contributed by atoms with Crippen LogP contribution in [0.2, 0.25) is 0 Å². The van der Waals surface area contributed by atoms with Gasteiger partial charge in [0.25, 0.3) is 0 Å². The quantitative estimate of drug-likeness (QED) is 0.303. The van der Waals surface area contributed by atoms with E-state index < -0.39 is 0 Å². The van der Waals surface area contributed by atoms with Crippen molar-refractivity contribution in [1.82, 2.24) is 0 Å². The van der Waals surface area contributed by atoms with E-state index in [0.717, 1.165) is 55.4 Å². The first kappa shape index (κ1) is 12.7. The van der Waals surface area contributed by atoms with E-state index in [-0.39, 0.29) is 0 Å². The Morgan fingerprint density at radius 2 is 1.25 bits per heavy atom. The number of rotatable bonds is 0. The Morgan fingerprint density at radius 3 is 2.00 bits per heavy atom. The molecule has 0 saturated carbocycles. The Kier molecular flexibility index (Phi) is 2.12. The van der Waals surface area contributed by atoms with Gasteiger partial charge < -0.3 is 13.3 Å². The van der Waals surface area contributed by atoms with E-state index in [1.165, 1.54) is 9.40 Å². The molecule has 4 heteroatoms. The molecule has 4 heterocycles. The van der Waals surface area contributed by atoms with E-state index in [4.69, 9.17) is 13.3 Å². The number of aryl methyl sites for hydroxylation is 2. The third-order valence-corrected chi connectivity index (χ3v) is 5.91. The first-order valence-electron chi connectivity index (χ1n) is 7.86. The van der Waals surface area contributed by atoms with Gasteiger partial charge in [-0.15, -0.1) is 11.3 Å². The maximum Gasteiger partial charge on any atom is 0.154 e. The van der Waals surface area contributed by atoms with E-state index in [1.54, 1.807) is 11.3 Å². The van der Waals surface area contributed by atoms with Crippen LogP contribution in [0.3, 0.4) is 0 Å². The number of furan rings is 3. The standard InChI is InChI=1S/C20H12O3S/c1-9-7-13-15(21-9)5-3-11-17(13)23-18-12-4-6-16-14(8-10(2)22-16)19(12)24-20(11)18/h3-8H,1-2H3. The molecule has 116 valence electrons. The average Bonchev–Trinajstić information content (AvgIpc) is 3.25. The Hall–Kier alpha value is -2.72. The molecule has 6 aromatic rings. The van der Waals surface area contributed by atoms with E-state index in [0.29, 0.717) is 0 Å². The summed E-state index contributed by atoms with van der Waals surface area (Å²) in [6.45, 7) is 3.95. The molecule has 6 rings (SSSR count). The number of fused-ring (bicyclic) bond motifs is 9. The number of hydrogen-bond acceptors (Lipinski definition) is 4. The lowest BCUT2D eigenvalue weighted by molar-refractivity contribution is 0.578. The van der Waals surface area contributed by atoms with E-state index in [9.17, 15) is 0 Å². The molecule has 0 spiro atoms. The van der Waals surface area contributed by atoms with Crippen LogP contribution in [0.1, 0.15) is 11.5 Å². The summed E-state index contributed by atoms with van der Waals surface area (Å²) in [5.74, 6) is 1.83. The van der Waals surface area contributed by atoms with Crippen LogP contribution in [0.5, 0.6) is 0 Å². The normalized spacial score (nSPS) is 12.6. The van der Waals surface area contributed by atoms with Crippen LogP contribution in [0.4, 0.5) is 0 Å². The van der Waals surface area contributed by atoms with Gasteiger partial charge in [-0.2, -0.15) is 0 Å². The van der Waals surface area contributed by atoms with Gasteiger partial charge in [0, 0.05) is 20.9 Å². The van der Waals surface area contributed by atoms with Crippen molar-refractivity contribution in [1.29, 1.82) is 0 Å². The highest BCUT2D eigenvalue weighted by Crippen LogP contribution is 2.45. The van der Waals surface area contributed by atoms with Gasteiger partial charge in [-0.1, -0.05) is 0 Å². The molecule has 0 fully saturated rings. The molecule has 3 nitrogen and oxygen atoms in total. The van der Waals surface area contributed by atoms with Crippen molar-refractivity contribution in [2.45, 2.75) is 13.8 Å². The van der Waals surface area contributed by atoms with Gasteiger partial charge in [-0.25, -0.2) is 0 Å². The Labute approximate surface area is 140 Å². The van der Waals surface area contributed by atoms with E-state index in [2.05, 4.69) is 18.2 Å². The van der Waals surface area contributed by atoms with Crippen molar-refractivity contribution in [3.8, 4) is 0 Å². The van der Waals surface area contributed by atoms with Crippen molar-refractivity contribution >= 4 is 64.6 Å². The molecule has 0 atom stereocenters. The molecule has 0 N–H and O–H groups in total. The number of thiophene rings is 1. The van der Waals surface area contributed by atoms with Crippen molar-refractivity contribution in [3.05, 3.63) is 47.9 Å². The van der Waals surface area contributed by atoms with E-state index in [1.807, 2.05) is 32.0 Å². The topological polar surface area (TPSA) is 39.4 Å². The van der Waals surface area contributed by atoms with Gasteiger partial charge in [0.15, 0.2) is 5.58 Å². The molecule has 0 aliphatic carbocycles. The second-order valence-electron chi connectivity index (χ2n) is 6.28. The summed E-state index contributed by atoms with van der Waals surface area (Å²) >= 11 is 1.77. The Balaban J connectivity index is 1.85. The van der Waals surface area contributed by atoms with Gasteiger partial charge in [0.1, 0.15) is 28.3 Å². The zero-order valence-electron chi connectivity index (χ0n) is 13.1. The number of benzene rings is 2. The minimum absolute atomic E-state index is 0.874. The van der Waals surface area contributed by atoms with Crippen LogP contribution in [-0.2, 0) is 0 Å². The van der Waals surface area contributed by atoms with Gasteiger partial charge in [0.05, 0.1) is 10.1 Å². The highest BCUT2D eigenvalue weighted by atomic mass is 32.1. The highest BCUT2D eigenvalue weighted by Gasteiger charge is 2.19.